The quantitative estimate of drug-likeness (QED) is 0.856. The van der Waals surface area contributed by atoms with Gasteiger partial charge in [-0.25, -0.2) is 0 Å². The maximum absolute atomic E-state index is 12.4. The molecule has 0 N–H and O–H groups in total. The molecule has 2 amide bonds. The Balaban J connectivity index is 2.01. The summed E-state index contributed by atoms with van der Waals surface area (Å²) in [6.45, 7) is 6.80. The first kappa shape index (κ1) is 15.0. The van der Waals surface area contributed by atoms with Gasteiger partial charge in [-0.1, -0.05) is 6.07 Å². The summed E-state index contributed by atoms with van der Waals surface area (Å²) in [5, 5.41) is 1.91. The van der Waals surface area contributed by atoms with E-state index in [1.807, 2.05) is 41.2 Å². The Bertz CT molecular complexity index is 454. The number of rotatable bonds is 4. The fourth-order valence-electron chi connectivity index (χ4n) is 2.71. The minimum atomic E-state index is -0.0347. The third-order valence-electron chi connectivity index (χ3n) is 3.86. The molecule has 1 atom stereocenters. The molecule has 0 bridgehead atoms. The van der Waals surface area contributed by atoms with E-state index in [1.165, 1.54) is 11.3 Å². The maximum Gasteiger partial charge on any atom is 0.263 e. The summed E-state index contributed by atoms with van der Waals surface area (Å²) < 4.78 is 0. The Morgan fingerprint density at radius 3 is 2.75 bits per heavy atom. The van der Waals surface area contributed by atoms with Crippen molar-refractivity contribution in [2.75, 3.05) is 26.2 Å². The zero-order valence-corrected chi connectivity index (χ0v) is 13.0. The molecular weight excluding hydrogens is 272 g/mol. The third-order valence-corrected chi connectivity index (χ3v) is 4.72. The molecule has 110 valence electrons. The number of thiophene rings is 1. The molecule has 0 spiro atoms. The van der Waals surface area contributed by atoms with Gasteiger partial charge in [0, 0.05) is 26.2 Å². The number of carbonyl (C=O) groups excluding carboxylic acids is 2. The molecule has 0 radical (unpaired) electrons. The van der Waals surface area contributed by atoms with Crippen molar-refractivity contribution >= 4 is 23.2 Å². The van der Waals surface area contributed by atoms with Crippen LogP contribution >= 0.6 is 11.3 Å². The van der Waals surface area contributed by atoms with Crippen LogP contribution in [0.5, 0.6) is 0 Å². The van der Waals surface area contributed by atoms with E-state index in [0.29, 0.717) is 6.54 Å². The maximum atomic E-state index is 12.4. The second-order valence-corrected chi connectivity index (χ2v) is 6.03. The average molecular weight is 294 g/mol. The molecule has 1 saturated heterocycles. The Labute approximate surface area is 124 Å². The predicted molar refractivity (Wildman–Crippen MR) is 80.9 cm³/mol. The summed E-state index contributed by atoms with van der Waals surface area (Å²) in [5.74, 6) is 0.225. The third kappa shape index (κ3) is 3.20. The summed E-state index contributed by atoms with van der Waals surface area (Å²) in [6, 6.07) is 3.74. The smallest absolute Gasteiger partial charge is 0.263 e. The van der Waals surface area contributed by atoms with Crippen molar-refractivity contribution in [3.63, 3.8) is 0 Å². The van der Waals surface area contributed by atoms with Gasteiger partial charge in [0.2, 0.25) is 5.91 Å². The highest BCUT2D eigenvalue weighted by molar-refractivity contribution is 7.12. The standard InChI is InChI=1S/C15H22N2O2S/c1-3-16(4-2)14(18)12-7-5-9-17(11-12)15(19)13-8-6-10-20-13/h6,8,10,12H,3-5,7,9,11H2,1-2H3. The normalized spacial score (nSPS) is 18.9. The summed E-state index contributed by atoms with van der Waals surface area (Å²) >= 11 is 1.46. The van der Waals surface area contributed by atoms with Gasteiger partial charge in [-0.15, -0.1) is 11.3 Å². The van der Waals surface area contributed by atoms with E-state index in [4.69, 9.17) is 0 Å². The Hall–Kier alpha value is -1.36. The van der Waals surface area contributed by atoms with Crippen LogP contribution in [0.25, 0.3) is 0 Å². The van der Waals surface area contributed by atoms with Crippen LogP contribution in [0.2, 0.25) is 0 Å². The molecule has 1 fully saturated rings. The highest BCUT2D eigenvalue weighted by Gasteiger charge is 2.30. The van der Waals surface area contributed by atoms with E-state index < -0.39 is 0 Å². The zero-order chi connectivity index (χ0) is 14.5. The van der Waals surface area contributed by atoms with E-state index >= 15 is 0 Å². The van der Waals surface area contributed by atoms with Gasteiger partial charge in [0.15, 0.2) is 0 Å². The lowest BCUT2D eigenvalue weighted by molar-refractivity contribution is -0.136. The van der Waals surface area contributed by atoms with Crippen LogP contribution in [-0.4, -0.2) is 47.8 Å². The fraction of sp³-hybridized carbons (Fsp3) is 0.600. The van der Waals surface area contributed by atoms with E-state index in [-0.39, 0.29) is 17.7 Å². The Kier molecular flexibility index (Phi) is 5.17. The number of piperidine rings is 1. The number of likely N-dealkylation sites (tertiary alicyclic amines) is 1. The van der Waals surface area contributed by atoms with E-state index in [9.17, 15) is 9.59 Å². The van der Waals surface area contributed by atoms with E-state index in [1.54, 1.807) is 0 Å². The van der Waals surface area contributed by atoms with Crippen LogP contribution in [0, 0.1) is 5.92 Å². The second kappa shape index (κ2) is 6.88. The molecule has 1 aliphatic rings. The van der Waals surface area contributed by atoms with Gasteiger partial charge in [-0.3, -0.25) is 9.59 Å². The SMILES string of the molecule is CCN(CC)C(=O)C1CCCN(C(=O)c2cccs2)C1. The van der Waals surface area contributed by atoms with E-state index in [0.717, 1.165) is 37.4 Å². The van der Waals surface area contributed by atoms with Gasteiger partial charge >= 0.3 is 0 Å². The fourth-order valence-corrected chi connectivity index (χ4v) is 3.40. The van der Waals surface area contributed by atoms with Crippen molar-refractivity contribution in [2.24, 2.45) is 5.92 Å². The van der Waals surface area contributed by atoms with Crippen molar-refractivity contribution in [1.82, 2.24) is 9.80 Å². The molecule has 1 aromatic rings. The van der Waals surface area contributed by atoms with Crippen LogP contribution in [0.15, 0.2) is 17.5 Å². The van der Waals surface area contributed by atoms with Crippen LogP contribution < -0.4 is 0 Å². The summed E-state index contributed by atoms with van der Waals surface area (Å²) in [5.41, 5.74) is 0. The van der Waals surface area contributed by atoms with Gasteiger partial charge < -0.3 is 9.80 Å². The minimum Gasteiger partial charge on any atom is -0.343 e. The van der Waals surface area contributed by atoms with Crippen molar-refractivity contribution in [3.05, 3.63) is 22.4 Å². The molecule has 0 saturated carbocycles. The zero-order valence-electron chi connectivity index (χ0n) is 12.2. The first-order valence-electron chi connectivity index (χ1n) is 7.28. The highest BCUT2D eigenvalue weighted by Crippen LogP contribution is 2.22. The molecule has 1 aliphatic heterocycles. The first-order valence-corrected chi connectivity index (χ1v) is 8.16. The molecule has 1 unspecified atom stereocenters. The second-order valence-electron chi connectivity index (χ2n) is 5.08. The average Bonchev–Trinajstić information content (AvgIpc) is 3.02. The molecule has 20 heavy (non-hydrogen) atoms. The van der Waals surface area contributed by atoms with Crippen LogP contribution in [0.4, 0.5) is 0 Å². The van der Waals surface area contributed by atoms with Crippen molar-refractivity contribution < 1.29 is 9.59 Å². The van der Waals surface area contributed by atoms with Gasteiger partial charge in [0.1, 0.15) is 0 Å². The Morgan fingerprint density at radius 1 is 1.40 bits per heavy atom. The number of nitrogens with zero attached hydrogens (tertiary/aromatic N) is 2. The number of hydrogen-bond donors (Lipinski definition) is 0. The largest absolute Gasteiger partial charge is 0.343 e. The molecule has 5 heteroatoms. The molecule has 4 nitrogen and oxygen atoms in total. The van der Waals surface area contributed by atoms with Crippen molar-refractivity contribution in [2.45, 2.75) is 26.7 Å². The summed E-state index contributed by atoms with van der Waals surface area (Å²) in [7, 11) is 0. The Morgan fingerprint density at radius 2 is 2.15 bits per heavy atom. The van der Waals surface area contributed by atoms with Crippen LogP contribution in [0.1, 0.15) is 36.4 Å². The van der Waals surface area contributed by atoms with Crippen LogP contribution in [0.3, 0.4) is 0 Å². The van der Waals surface area contributed by atoms with Crippen molar-refractivity contribution in [1.29, 1.82) is 0 Å². The lowest BCUT2D eigenvalue weighted by Crippen LogP contribution is -2.46. The molecule has 0 aromatic carbocycles. The van der Waals surface area contributed by atoms with Gasteiger partial charge in [-0.05, 0) is 38.1 Å². The van der Waals surface area contributed by atoms with Gasteiger partial charge in [-0.2, -0.15) is 0 Å². The lowest BCUT2D eigenvalue weighted by Gasteiger charge is -2.34. The molecule has 2 rings (SSSR count). The van der Waals surface area contributed by atoms with Crippen LogP contribution in [-0.2, 0) is 4.79 Å². The number of amides is 2. The predicted octanol–water partition coefficient (Wildman–Crippen LogP) is 2.47. The minimum absolute atomic E-state index is 0.0347. The summed E-state index contributed by atoms with van der Waals surface area (Å²) in [4.78, 5) is 29.2. The molecule has 2 heterocycles. The van der Waals surface area contributed by atoms with Gasteiger partial charge in [0.05, 0.1) is 10.8 Å². The molecular formula is C15H22N2O2S. The molecule has 1 aromatic heterocycles. The monoisotopic (exact) mass is 294 g/mol. The topological polar surface area (TPSA) is 40.6 Å². The molecule has 0 aliphatic carbocycles. The van der Waals surface area contributed by atoms with Crippen molar-refractivity contribution in [3.8, 4) is 0 Å². The first-order chi connectivity index (χ1) is 9.67. The highest BCUT2D eigenvalue weighted by atomic mass is 32.1. The van der Waals surface area contributed by atoms with E-state index in [2.05, 4.69) is 0 Å². The summed E-state index contributed by atoms with van der Waals surface area (Å²) in [6.07, 6.45) is 1.80. The van der Waals surface area contributed by atoms with Gasteiger partial charge in [0.25, 0.3) is 5.91 Å². The lowest BCUT2D eigenvalue weighted by atomic mass is 9.96. The number of hydrogen-bond acceptors (Lipinski definition) is 3. The number of carbonyl (C=O) groups is 2.